The highest BCUT2D eigenvalue weighted by Crippen LogP contribution is 2.32. The van der Waals surface area contributed by atoms with Gasteiger partial charge in [0.05, 0.1) is 5.56 Å². The number of pyridine rings is 2. The first-order valence-electron chi connectivity index (χ1n) is 9.88. The van der Waals surface area contributed by atoms with Crippen LogP contribution in [0.25, 0.3) is 0 Å². The molecule has 3 heterocycles. The van der Waals surface area contributed by atoms with E-state index in [1.165, 1.54) is 23.9 Å². The molecule has 1 aromatic carbocycles. The molecule has 3 aromatic rings. The number of ketones is 1. The second-order valence-corrected chi connectivity index (χ2v) is 7.37. The summed E-state index contributed by atoms with van der Waals surface area (Å²) in [6, 6.07) is 16.1. The van der Waals surface area contributed by atoms with Gasteiger partial charge in [0.2, 0.25) is 5.78 Å². The van der Waals surface area contributed by atoms with E-state index in [1.54, 1.807) is 12.1 Å². The highest BCUT2D eigenvalue weighted by molar-refractivity contribution is 6.11. The second-order valence-electron chi connectivity index (χ2n) is 7.37. The van der Waals surface area contributed by atoms with E-state index in [0.29, 0.717) is 18.3 Å². The molecule has 30 heavy (non-hydrogen) atoms. The number of hydrogen-bond acceptors (Lipinski definition) is 5. The van der Waals surface area contributed by atoms with Gasteiger partial charge in [-0.1, -0.05) is 30.3 Å². The Morgan fingerprint density at radius 1 is 1.10 bits per heavy atom. The van der Waals surface area contributed by atoms with Crippen molar-refractivity contribution >= 4 is 17.4 Å². The number of piperidine rings is 1. The maximum absolute atomic E-state index is 13.6. The molecule has 4 rings (SSSR count). The molecule has 2 N–H and O–H groups in total. The van der Waals surface area contributed by atoms with Gasteiger partial charge < -0.3 is 10.6 Å². The van der Waals surface area contributed by atoms with E-state index in [1.807, 2.05) is 18.2 Å². The van der Waals surface area contributed by atoms with Crippen molar-refractivity contribution in [1.82, 2.24) is 9.97 Å². The number of nitrogens with zero attached hydrogens (tertiary/aromatic N) is 3. The van der Waals surface area contributed by atoms with Crippen molar-refractivity contribution in [1.29, 1.82) is 0 Å². The van der Waals surface area contributed by atoms with Gasteiger partial charge in [0, 0.05) is 30.8 Å². The Hall–Kier alpha value is -3.35. The molecule has 1 aliphatic rings. The zero-order valence-corrected chi connectivity index (χ0v) is 16.3. The lowest BCUT2D eigenvalue weighted by Crippen LogP contribution is -2.35. The summed E-state index contributed by atoms with van der Waals surface area (Å²) in [6.45, 7) is 1.47. The number of rotatable bonds is 5. The van der Waals surface area contributed by atoms with Crippen LogP contribution in [0.4, 0.5) is 20.4 Å². The molecule has 1 atom stereocenters. The van der Waals surface area contributed by atoms with E-state index < -0.39 is 17.8 Å². The number of benzene rings is 1. The van der Waals surface area contributed by atoms with E-state index in [9.17, 15) is 13.6 Å². The molecule has 7 heteroatoms. The minimum absolute atomic E-state index is 0.00275. The first kappa shape index (κ1) is 19.9. The number of nitrogen functional groups attached to an aromatic ring is 1. The van der Waals surface area contributed by atoms with E-state index in [4.69, 9.17) is 5.73 Å². The number of carbonyl (C=O) groups is 1. The zero-order chi connectivity index (χ0) is 21.1. The van der Waals surface area contributed by atoms with Gasteiger partial charge in [0.15, 0.2) is 0 Å². The Labute approximate surface area is 173 Å². The smallest absolute Gasteiger partial charge is 0.266 e. The number of aromatic nitrogens is 2. The molecule has 0 bridgehead atoms. The molecular weight excluding hydrogens is 386 g/mol. The van der Waals surface area contributed by atoms with Gasteiger partial charge in [-0.2, -0.15) is 0 Å². The van der Waals surface area contributed by atoms with Crippen molar-refractivity contribution in [2.24, 2.45) is 0 Å². The van der Waals surface area contributed by atoms with Gasteiger partial charge in [0.1, 0.15) is 17.3 Å². The van der Waals surface area contributed by atoms with Crippen LogP contribution in [0.15, 0.2) is 60.8 Å². The van der Waals surface area contributed by atoms with Gasteiger partial charge in [-0.05, 0) is 42.7 Å². The number of hydrogen-bond donors (Lipinski definition) is 1. The SMILES string of the molecule is Nc1ncccc1C(=O)c1nc(N2CCCC(c3ccccc3)C2)ccc1C(F)F. The van der Waals surface area contributed by atoms with E-state index in [2.05, 4.69) is 27.0 Å². The zero-order valence-electron chi connectivity index (χ0n) is 16.3. The predicted molar refractivity (Wildman–Crippen MR) is 112 cm³/mol. The lowest BCUT2D eigenvalue weighted by atomic mass is 9.90. The van der Waals surface area contributed by atoms with Crippen LogP contribution in [0, 0.1) is 0 Å². The molecule has 0 spiro atoms. The fourth-order valence-corrected chi connectivity index (χ4v) is 3.91. The molecule has 2 aromatic heterocycles. The molecule has 0 radical (unpaired) electrons. The monoisotopic (exact) mass is 408 g/mol. The lowest BCUT2D eigenvalue weighted by Gasteiger charge is -2.34. The van der Waals surface area contributed by atoms with Gasteiger partial charge in [-0.3, -0.25) is 4.79 Å². The van der Waals surface area contributed by atoms with Crippen LogP contribution in [-0.4, -0.2) is 28.8 Å². The number of anilines is 2. The lowest BCUT2D eigenvalue weighted by molar-refractivity contribution is 0.101. The van der Waals surface area contributed by atoms with Gasteiger partial charge in [-0.25, -0.2) is 18.7 Å². The minimum Gasteiger partial charge on any atom is -0.383 e. The van der Waals surface area contributed by atoms with Crippen LogP contribution in [-0.2, 0) is 0 Å². The Morgan fingerprint density at radius 2 is 1.90 bits per heavy atom. The highest BCUT2D eigenvalue weighted by Gasteiger charge is 2.27. The number of nitrogens with two attached hydrogens (primary N) is 1. The fraction of sp³-hybridized carbons (Fsp3) is 0.261. The normalized spacial score (nSPS) is 16.6. The molecule has 0 saturated carbocycles. The van der Waals surface area contributed by atoms with Crippen LogP contribution in [0.1, 0.15) is 52.4 Å². The van der Waals surface area contributed by atoms with Gasteiger partial charge in [0.25, 0.3) is 6.43 Å². The van der Waals surface area contributed by atoms with Crippen molar-refractivity contribution in [3.8, 4) is 0 Å². The summed E-state index contributed by atoms with van der Waals surface area (Å²) in [5.74, 6) is 0.196. The van der Waals surface area contributed by atoms with Crippen molar-refractivity contribution in [3.05, 3.63) is 83.2 Å². The Kier molecular flexibility index (Phi) is 5.70. The number of carbonyl (C=O) groups excluding carboxylic acids is 1. The largest absolute Gasteiger partial charge is 0.383 e. The summed E-state index contributed by atoms with van der Waals surface area (Å²) in [7, 11) is 0. The summed E-state index contributed by atoms with van der Waals surface area (Å²) < 4.78 is 27.2. The quantitative estimate of drug-likeness (QED) is 0.624. The first-order chi connectivity index (χ1) is 14.5. The van der Waals surface area contributed by atoms with E-state index in [-0.39, 0.29) is 17.1 Å². The van der Waals surface area contributed by atoms with Crippen molar-refractivity contribution in [3.63, 3.8) is 0 Å². The van der Waals surface area contributed by atoms with Crippen LogP contribution in [0.3, 0.4) is 0 Å². The van der Waals surface area contributed by atoms with Crippen LogP contribution in [0.5, 0.6) is 0 Å². The van der Waals surface area contributed by atoms with E-state index >= 15 is 0 Å². The van der Waals surface area contributed by atoms with Gasteiger partial charge in [-0.15, -0.1) is 0 Å². The maximum Gasteiger partial charge on any atom is 0.266 e. The average Bonchev–Trinajstić information content (AvgIpc) is 2.79. The summed E-state index contributed by atoms with van der Waals surface area (Å²) in [4.78, 5) is 23.3. The molecule has 1 saturated heterocycles. The Bertz CT molecular complexity index is 1040. The molecular formula is C23H22F2N4O. The van der Waals surface area contributed by atoms with Crippen LogP contribution < -0.4 is 10.6 Å². The average molecular weight is 408 g/mol. The maximum atomic E-state index is 13.6. The van der Waals surface area contributed by atoms with Crippen LogP contribution in [0.2, 0.25) is 0 Å². The van der Waals surface area contributed by atoms with Crippen molar-refractivity contribution in [2.75, 3.05) is 23.7 Å². The van der Waals surface area contributed by atoms with E-state index in [0.717, 1.165) is 19.4 Å². The highest BCUT2D eigenvalue weighted by atomic mass is 19.3. The number of alkyl halides is 2. The first-order valence-corrected chi connectivity index (χ1v) is 9.88. The van der Waals surface area contributed by atoms with Crippen LogP contribution >= 0.6 is 0 Å². The molecule has 1 fully saturated rings. The third kappa shape index (κ3) is 4.01. The summed E-state index contributed by atoms with van der Waals surface area (Å²) in [6.07, 6.45) is 0.632. The van der Waals surface area contributed by atoms with Crippen molar-refractivity contribution < 1.29 is 13.6 Å². The Balaban J connectivity index is 1.67. The van der Waals surface area contributed by atoms with Crippen molar-refractivity contribution in [2.45, 2.75) is 25.2 Å². The Morgan fingerprint density at radius 3 is 2.63 bits per heavy atom. The molecule has 0 aliphatic carbocycles. The predicted octanol–water partition coefficient (Wildman–Crippen LogP) is 4.61. The third-order valence-electron chi connectivity index (χ3n) is 5.46. The minimum atomic E-state index is -2.82. The summed E-state index contributed by atoms with van der Waals surface area (Å²) in [5.41, 5.74) is 6.43. The molecule has 0 amide bonds. The molecule has 5 nitrogen and oxygen atoms in total. The fourth-order valence-electron chi connectivity index (χ4n) is 3.91. The second kappa shape index (κ2) is 8.57. The molecule has 1 aliphatic heterocycles. The standard InChI is InChI=1S/C23H22F2N4O/c24-22(25)17-10-11-19(28-20(17)21(30)18-9-4-12-27-23(18)26)29-13-5-8-16(14-29)15-6-2-1-3-7-15/h1-4,6-7,9-12,16,22H,5,8,13-14H2,(H2,26,27). The number of halogens is 2. The molecule has 1 unspecified atom stereocenters. The summed E-state index contributed by atoms with van der Waals surface area (Å²) >= 11 is 0. The third-order valence-corrected chi connectivity index (χ3v) is 5.46. The molecule has 154 valence electrons. The topological polar surface area (TPSA) is 72.1 Å². The van der Waals surface area contributed by atoms with Gasteiger partial charge >= 0.3 is 0 Å². The summed E-state index contributed by atoms with van der Waals surface area (Å²) in [5, 5.41) is 0.